The molecule has 1 aromatic rings. The summed E-state index contributed by atoms with van der Waals surface area (Å²) in [5, 5.41) is 3.50. The fraction of sp³-hybridized carbons (Fsp3) is 0.364. The number of rotatable bonds is 2. The number of carbonyl (C=O) groups excluding carboxylic acids is 1. The van der Waals surface area contributed by atoms with Crippen LogP contribution in [0.4, 0.5) is 5.69 Å². The smallest absolute Gasteiger partial charge is 0.261 e. The lowest BCUT2D eigenvalue weighted by atomic mass is 10.2. The highest BCUT2D eigenvalue weighted by Gasteiger charge is 2.34. The molecule has 0 radical (unpaired) electrons. The van der Waals surface area contributed by atoms with E-state index in [-0.39, 0.29) is 11.9 Å². The largest absolute Gasteiger partial charge is 0.271 e. The zero-order chi connectivity index (χ0) is 10.8. The van der Waals surface area contributed by atoms with Gasteiger partial charge in [-0.05, 0) is 19.1 Å². The molecule has 1 aliphatic heterocycles. The second-order valence-electron chi connectivity index (χ2n) is 3.57. The number of nitrogens with zero attached hydrogens (tertiary/aromatic N) is 2. The first-order valence-electron chi connectivity index (χ1n) is 5.16. The Morgan fingerprint density at radius 3 is 2.53 bits per heavy atom. The average Bonchev–Trinajstić information content (AvgIpc) is 2.57. The molecule has 4 heteroatoms. The maximum absolute atomic E-state index is 11.9. The molecule has 0 aromatic heterocycles. The Kier molecular flexibility index (Phi) is 2.70. The summed E-state index contributed by atoms with van der Waals surface area (Å²) in [6, 6.07) is 9.50. The van der Waals surface area contributed by atoms with Crippen LogP contribution in [-0.2, 0) is 4.79 Å². The van der Waals surface area contributed by atoms with Crippen LogP contribution >= 0.6 is 0 Å². The highest BCUT2D eigenvalue weighted by molar-refractivity contribution is 5.97. The second kappa shape index (κ2) is 4.00. The summed E-state index contributed by atoms with van der Waals surface area (Å²) >= 11 is 0. The van der Waals surface area contributed by atoms with E-state index in [1.807, 2.05) is 49.2 Å². The summed E-state index contributed by atoms with van der Waals surface area (Å²) in [6.07, 6.45) is 0. The molecule has 1 fully saturated rings. The number of para-hydroxylation sites is 1. The Labute approximate surface area is 89.4 Å². The molecule has 1 aromatic carbocycles. The SMILES string of the molecule is CCN1NN(c2ccccc2)C(=O)C1C. The minimum absolute atomic E-state index is 0.0862. The summed E-state index contributed by atoms with van der Waals surface area (Å²) in [6.45, 7) is 4.73. The van der Waals surface area contributed by atoms with Gasteiger partial charge in [-0.1, -0.05) is 25.1 Å². The Morgan fingerprint density at radius 2 is 2.00 bits per heavy atom. The predicted molar refractivity (Wildman–Crippen MR) is 58.9 cm³/mol. The standard InChI is InChI=1S/C11H15N3O/c1-3-13-9(2)11(15)14(12-13)10-7-5-4-6-8-10/h4-9,12H,3H2,1-2H3. The van der Waals surface area contributed by atoms with E-state index in [0.717, 1.165) is 12.2 Å². The molecule has 0 bridgehead atoms. The highest BCUT2D eigenvalue weighted by Crippen LogP contribution is 2.18. The van der Waals surface area contributed by atoms with Crippen LogP contribution in [0.2, 0.25) is 0 Å². The van der Waals surface area contributed by atoms with Crippen LogP contribution in [0, 0.1) is 0 Å². The van der Waals surface area contributed by atoms with Crippen molar-refractivity contribution in [1.29, 1.82) is 0 Å². The molecule has 80 valence electrons. The van der Waals surface area contributed by atoms with Gasteiger partial charge < -0.3 is 0 Å². The van der Waals surface area contributed by atoms with Gasteiger partial charge in [-0.15, -0.1) is 0 Å². The van der Waals surface area contributed by atoms with E-state index in [4.69, 9.17) is 0 Å². The third-order valence-electron chi connectivity index (χ3n) is 2.63. The van der Waals surface area contributed by atoms with Gasteiger partial charge in [-0.3, -0.25) is 4.79 Å². The van der Waals surface area contributed by atoms with E-state index in [9.17, 15) is 4.79 Å². The maximum atomic E-state index is 11.9. The predicted octanol–water partition coefficient (Wildman–Crippen LogP) is 1.16. The summed E-state index contributed by atoms with van der Waals surface area (Å²) in [7, 11) is 0. The van der Waals surface area contributed by atoms with Crippen molar-refractivity contribution in [3.63, 3.8) is 0 Å². The van der Waals surface area contributed by atoms with Crippen LogP contribution in [0.3, 0.4) is 0 Å². The fourth-order valence-corrected chi connectivity index (χ4v) is 1.69. The first-order chi connectivity index (χ1) is 7.24. The first kappa shape index (κ1) is 10.1. The zero-order valence-corrected chi connectivity index (χ0v) is 8.97. The van der Waals surface area contributed by atoms with Crippen molar-refractivity contribution >= 4 is 11.6 Å². The van der Waals surface area contributed by atoms with Crippen LogP contribution in [-0.4, -0.2) is 23.5 Å². The van der Waals surface area contributed by atoms with Crippen LogP contribution in [0.25, 0.3) is 0 Å². The minimum atomic E-state index is -0.102. The van der Waals surface area contributed by atoms with Gasteiger partial charge in [0.2, 0.25) is 0 Å². The molecule has 0 saturated carbocycles. The number of hydrazine groups is 2. The van der Waals surface area contributed by atoms with Crippen molar-refractivity contribution in [3.05, 3.63) is 30.3 Å². The number of benzene rings is 1. The Morgan fingerprint density at radius 1 is 1.33 bits per heavy atom. The first-order valence-corrected chi connectivity index (χ1v) is 5.16. The van der Waals surface area contributed by atoms with Crippen LogP contribution < -0.4 is 10.5 Å². The summed E-state index contributed by atoms with van der Waals surface area (Å²) in [4.78, 5) is 11.9. The molecule has 1 saturated heterocycles. The minimum Gasteiger partial charge on any atom is -0.271 e. The lowest BCUT2D eigenvalue weighted by molar-refractivity contribution is -0.119. The molecule has 0 aliphatic carbocycles. The Balaban J connectivity index is 2.23. The van der Waals surface area contributed by atoms with E-state index in [2.05, 4.69) is 5.53 Å². The van der Waals surface area contributed by atoms with Gasteiger partial charge in [0.05, 0.1) is 5.69 Å². The van der Waals surface area contributed by atoms with Crippen LogP contribution in [0.1, 0.15) is 13.8 Å². The molecule has 1 N–H and O–H groups in total. The molecule has 0 spiro atoms. The van der Waals surface area contributed by atoms with Crippen molar-refractivity contribution in [2.75, 3.05) is 11.6 Å². The molecule has 1 aliphatic rings. The molecule has 2 rings (SSSR count). The van der Waals surface area contributed by atoms with Crippen LogP contribution in [0.15, 0.2) is 30.3 Å². The summed E-state index contributed by atoms with van der Waals surface area (Å²) in [5.74, 6) is 0.0862. The molecule has 15 heavy (non-hydrogen) atoms. The fourth-order valence-electron chi connectivity index (χ4n) is 1.69. The van der Waals surface area contributed by atoms with Gasteiger partial charge in [0.1, 0.15) is 6.04 Å². The lowest BCUT2D eigenvalue weighted by Crippen LogP contribution is -2.41. The molecular formula is C11H15N3O. The number of likely N-dealkylation sites (N-methyl/N-ethyl adjacent to an activating group) is 1. The van der Waals surface area contributed by atoms with Crippen LogP contribution in [0.5, 0.6) is 0 Å². The molecule has 1 atom stereocenters. The summed E-state index contributed by atoms with van der Waals surface area (Å²) in [5.41, 5.74) is 3.95. The number of anilines is 1. The van der Waals surface area contributed by atoms with Gasteiger partial charge in [0.15, 0.2) is 0 Å². The second-order valence-corrected chi connectivity index (χ2v) is 3.57. The van der Waals surface area contributed by atoms with Gasteiger partial charge in [0.25, 0.3) is 5.91 Å². The van der Waals surface area contributed by atoms with Gasteiger partial charge in [-0.25, -0.2) is 10.0 Å². The maximum Gasteiger partial charge on any atom is 0.261 e. The third-order valence-corrected chi connectivity index (χ3v) is 2.63. The quantitative estimate of drug-likeness (QED) is 0.787. The van der Waals surface area contributed by atoms with Crippen molar-refractivity contribution in [2.45, 2.75) is 19.9 Å². The van der Waals surface area contributed by atoms with Gasteiger partial charge in [-0.2, -0.15) is 5.53 Å². The monoisotopic (exact) mass is 205 g/mol. The number of hydrogen-bond acceptors (Lipinski definition) is 3. The van der Waals surface area contributed by atoms with Crippen molar-refractivity contribution in [3.8, 4) is 0 Å². The van der Waals surface area contributed by atoms with Gasteiger partial charge >= 0.3 is 0 Å². The van der Waals surface area contributed by atoms with E-state index in [1.165, 1.54) is 0 Å². The summed E-state index contributed by atoms with van der Waals surface area (Å²) < 4.78 is 0. The number of amides is 1. The molecule has 4 nitrogen and oxygen atoms in total. The van der Waals surface area contributed by atoms with Gasteiger partial charge in [0, 0.05) is 6.54 Å². The van der Waals surface area contributed by atoms with E-state index >= 15 is 0 Å². The highest BCUT2D eigenvalue weighted by atomic mass is 16.2. The number of hydrogen-bond donors (Lipinski definition) is 1. The topological polar surface area (TPSA) is 35.6 Å². The van der Waals surface area contributed by atoms with E-state index < -0.39 is 0 Å². The number of carbonyl (C=O) groups is 1. The number of nitrogens with one attached hydrogen (secondary N) is 1. The molecular weight excluding hydrogens is 190 g/mol. The zero-order valence-electron chi connectivity index (χ0n) is 8.97. The normalized spacial score (nSPS) is 22.4. The molecule has 1 heterocycles. The Hall–Kier alpha value is -1.39. The Bertz CT molecular complexity index is 352. The average molecular weight is 205 g/mol. The molecule has 1 unspecified atom stereocenters. The van der Waals surface area contributed by atoms with E-state index in [1.54, 1.807) is 5.01 Å². The molecule has 1 amide bonds. The lowest BCUT2D eigenvalue weighted by Gasteiger charge is -2.18. The van der Waals surface area contributed by atoms with Crippen molar-refractivity contribution in [2.24, 2.45) is 0 Å². The van der Waals surface area contributed by atoms with Crippen molar-refractivity contribution in [1.82, 2.24) is 10.5 Å². The van der Waals surface area contributed by atoms with E-state index in [0.29, 0.717) is 0 Å². The van der Waals surface area contributed by atoms with Crippen molar-refractivity contribution < 1.29 is 4.79 Å². The third kappa shape index (κ3) is 1.73.